The molecule has 4 nitrogen and oxygen atoms in total. The SMILES string of the molecule is C=C1CC23CCC1CC2C12CCCC4(C)C5OCCN5C1OC3C(O)C42. The zero-order valence-corrected chi connectivity index (χ0v) is 15.8. The number of rotatable bonds is 0. The topological polar surface area (TPSA) is 41.9 Å². The van der Waals surface area contributed by atoms with E-state index in [1.54, 1.807) is 0 Å². The second-order valence-corrected chi connectivity index (χ2v) is 10.9. The van der Waals surface area contributed by atoms with E-state index in [0.29, 0.717) is 17.8 Å². The van der Waals surface area contributed by atoms with Crippen molar-refractivity contribution in [3.8, 4) is 0 Å². The molecule has 7 bridgehead atoms. The van der Waals surface area contributed by atoms with E-state index in [0.717, 1.165) is 19.6 Å². The lowest BCUT2D eigenvalue weighted by molar-refractivity contribution is -0.438. The third-order valence-corrected chi connectivity index (χ3v) is 10.3. The summed E-state index contributed by atoms with van der Waals surface area (Å²) in [5.74, 6) is 1.76. The first-order chi connectivity index (χ1) is 12.5. The van der Waals surface area contributed by atoms with Gasteiger partial charge in [-0.05, 0) is 50.4 Å². The maximum absolute atomic E-state index is 11.7. The van der Waals surface area contributed by atoms with Crippen LogP contribution in [0.4, 0.5) is 0 Å². The van der Waals surface area contributed by atoms with E-state index in [2.05, 4.69) is 18.4 Å². The van der Waals surface area contributed by atoms with Crippen molar-refractivity contribution < 1.29 is 14.6 Å². The summed E-state index contributed by atoms with van der Waals surface area (Å²) in [4.78, 5) is 2.57. The molecule has 5 aliphatic carbocycles. The molecule has 0 amide bonds. The summed E-state index contributed by atoms with van der Waals surface area (Å²) in [5.41, 5.74) is 1.80. The summed E-state index contributed by atoms with van der Waals surface area (Å²) in [5, 5.41) is 11.7. The molecule has 10 atom stereocenters. The molecule has 2 spiro atoms. The molecule has 4 heterocycles. The van der Waals surface area contributed by atoms with Gasteiger partial charge in [0, 0.05) is 28.7 Å². The molecule has 5 saturated carbocycles. The largest absolute Gasteiger partial charge is 0.390 e. The van der Waals surface area contributed by atoms with E-state index >= 15 is 0 Å². The van der Waals surface area contributed by atoms with Gasteiger partial charge < -0.3 is 14.6 Å². The Bertz CT molecular complexity index is 710. The Morgan fingerprint density at radius 2 is 2.12 bits per heavy atom. The first-order valence-electron chi connectivity index (χ1n) is 10.9. The minimum absolute atomic E-state index is 0.00125. The molecule has 4 saturated heterocycles. The minimum atomic E-state index is -0.332. The van der Waals surface area contributed by atoms with Crippen LogP contribution in [0.1, 0.15) is 51.9 Å². The second kappa shape index (κ2) is 4.42. The Kier molecular flexibility index (Phi) is 2.64. The van der Waals surface area contributed by atoms with Crippen molar-refractivity contribution in [1.29, 1.82) is 0 Å². The summed E-state index contributed by atoms with van der Waals surface area (Å²) in [6.07, 6.45) is 8.57. The summed E-state index contributed by atoms with van der Waals surface area (Å²) >= 11 is 0. The molecule has 4 heteroatoms. The number of piperidine rings is 1. The monoisotopic (exact) mass is 357 g/mol. The number of aliphatic hydroxyl groups is 1. The smallest absolute Gasteiger partial charge is 0.119 e. The van der Waals surface area contributed by atoms with Gasteiger partial charge >= 0.3 is 0 Å². The second-order valence-electron chi connectivity index (χ2n) is 10.9. The highest BCUT2D eigenvalue weighted by Gasteiger charge is 2.81. The highest BCUT2D eigenvalue weighted by molar-refractivity contribution is 5.31. The lowest BCUT2D eigenvalue weighted by atomic mass is 9.32. The van der Waals surface area contributed by atoms with E-state index < -0.39 is 0 Å². The van der Waals surface area contributed by atoms with Crippen LogP contribution in [0.5, 0.6) is 0 Å². The number of aliphatic hydroxyl groups excluding tert-OH is 1. The van der Waals surface area contributed by atoms with Crippen molar-refractivity contribution >= 4 is 0 Å². The van der Waals surface area contributed by atoms with Gasteiger partial charge in [0.1, 0.15) is 12.5 Å². The highest BCUT2D eigenvalue weighted by atomic mass is 16.6. The fourth-order valence-corrected chi connectivity index (χ4v) is 9.80. The standard InChI is InChI=1S/C22H31NO3/c1-12-11-21-7-4-13(12)10-14(21)22-6-3-5-20(2)16(22)15(24)17(21)26-19(22)23-8-9-25-18(20)23/h13-19,24H,1,3-11H2,2H3. The Morgan fingerprint density at radius 3 is 2.96 bits per heavy atom. The van der Waals surface area contributed by atoms with Crippen LogP contribution in [0.15, 0.2) is 12.2 Å². The fraction of sp³-hybridized carbons (Fsp3) is 0.909. The predicted octanol–water partition coefficient (Wildman–Crippen LogP) is 2.91. The van der Waals surface area contributed by atoms with Crippen LogP contribution < -0.4 is 0 Å². The average Bonchev–Trinajstić information content (AvgIpc) is 3.11. The molecule has 9 fully saturated rings. The van der Waals surface area contributed by atoms with Crippen molar-refractivity contribution in [2.75, 3.05) is 13.2 Å². The number of hydrogen-bond acceptors (Lipinski definition) is 4. The minimum Gasteiger partial charge on any atom is -0.390 e. The molecule has 0 aromatic rings. The van der Waals surface area contributed by atoms with Crippen LogP contribution in [0.2, 0.25) is 0 Å². The van der Waals surface area contributed by atoms with E-state index in [-0.39, 0.29) is 40.9 Å². The van der Waals surface area contributed by atoms with Crippen LogP contribution in [0.3, 0.4) is 0 Å². The fourth-order valence-electron chi connectivity index (χ4n) is 9.80. The van der Waals surface area contributed by atoms with Crippen molar-refractivity contribution in [2.24, 2.45) is 34.0 Å². The van der Waals surface area contributed by atoms with Gasteiger partial charge in [-0.1, -0.05) is 25.5 Å². The number of fused-ring (bicyclic) bond motifs is 4. The molecule has 26 heavy (non-hydrogen) atoms. The Labute approximate surface area is 155 Å². The van der Waals surface area contributed by atoms with Gasteiger partial charge in [0.2, 0.25) is 0 Å². The summed E-state index contributed by atoms with van der Waals surface area (Å²) < 4.78 is 13.2. The van der Waals surface area contributed by atoms with Crippen molar-refractivity contribution in [1.82, 2.24) is 4.90 Å². The molecule has 142 valence electrons. The molecule has 1 N–H and O–H groups in total. The van der Waals surface area contributed by atoms with E-state index in [4.69, 9.17) is 9.47 Å². The van der Waals surface area contributed by atoms with Crippen molar-refractivity contribution in [3.05, 3.63) is 12.2 Å². The first kappa shape index (κ1) is 15.5. The number of ether oxygens (including phenoxy) is 2. The van der Waals surface area contributed by atoms with Crippen LogP contribution in [-0.2, 0) is 9.47 Å². The number of nitrogens with zero attached hydrogens (tertiary/aromatic N) is 1. The summed E-state index contributed by atoms with van der Waals surface area (Å²) in [6, 6.07) is 0. The third kappa shape index (κ3) is 1.34. The van der Waals surface area contributed by atoms with Crippen molar-refractivity contribution in [3.63, 3.8) is 0 Å². The normalized spacial score (nSPS) is 65.2. The molecule has 4 aliphatic heterocycles. The zero-order valence-electron chi connectivity index (χ0n) is 15.8. The quantitative estimate of drug-likeness (QED) is 0.677. The first-order valence-corrected chi connectivity index (χ1v) is 10.9. The summed E-state index contributed by atoms with van der Waals surface area (Å²) in [7, 11) is 0. The number of hydrogen-bond donors (Lipinski definition) is 1. The molecule has 9 aliphatic rings. The molecule has 0 radical (unpaired) electrons. The van der Waals surface area contributed by atoms with Gasteiger partial charge in [0.15, 0.2) is 0 Å². The number of allylic oxidation sites excluding steroid dienone is 1. The van der Waals surface area contributed by atoms with Gasteiger partial charge in [-0.3, -0.25) is 0 Å². The van der Waals surface area contributed by atoms with E-state index in [9.17, 15) is 5.11 Å². The Balaban J connectivity index is 1.47. The maximum Gasteiger partial charge on any atom is 0.119 e. The molecule has 9 rings (SSSR count). The van der Waals surface area contributed by atoms with Crippen LogP contribution in [0, 0.1) is 34.0 Å². The van der Waals surface area contributed by atoms with Crippen LogP contribution in [-0.4, -0.2) is 47.8 Å². The molecule has 0 aromatic carbocycles. The lowest BCUT2D eigenvalue weighted by Crippen LogP contribution is -2.85. The zero-order chi connectivity index (χ0) is 17.5. The van der Waals surface area contributed by atoms with Gasteiger partial charge in [0.05, 0.1) is 18.8 Å². The van der Waals surface area contributed by atoms with E-state index in [1.807, 2.05) is 0 Å². The van der Waals surface area contributed by atoms with Crippen molar-refractivity contribution in [2.45, 2.75) is 76.5 Å². The molecular formula is C22H31NO3. The van der Waals surface area contributed by atoms with Gasteiger partial charge in [-0.25, -0.2) is 4.90 Å². The molecule has 10 unspecified atom stereocenters. The van der Waals surface area contributed by atoms with Gasteiger partial charge in [-0.15, -0.1) is 0 Å². The lowest BCUT2D eigenvalue weighted by Gasteiger charge is -2.80. The van der Waals surface area contributed by atoms with Crippen LogP contribution in [0.25, 0.3) is 0 Å². The molecular weight excluding hydrogens is 326 g/mol. The Hall–Kier alpha value is -0.420. The Morgan fingerprint density at radius 1 is 1.23 bits per heavy atom. The van der Waals surface area contributed by atoms with Gasteiger partial charge in [0.25, 0.3) is 0 Å². The molecule has 0 aromatic heterocycles. The maximum atomic E-state index is 11.7. The summed E-state index contributed by atoms with van der Waals surface area (Å²) in [6.45, 7) is 8.68. The third-order valence-electron chi connectivity index (χ3n) is 10.3. The van der Waals surface area contributed by atoms with E-state index in [1.165, 1.54) is 44.1 Å². The predicted molar refractivity (Wildman–Crippen MR) is 96.0 cm³/mol. The average molecular weight is 357 g/mol. The van der Waals surface area contributed by atoms with Crippen LogP contribution >= 0.6 is 0 Å². The highest BCUT2D eigenvalue weighted by Crippen LogP contribution is 2.79. The van der Waals surface area contributed by atoms with Gasteiger partial charge in [-0.2, -0.15) is 0 Å².